The van der Waals surface area contributed by atoms with Crippen molar-refractivity contribution in [3.05, 3.63) is 103 Å². The fraction of sp³-hybridized carbons (Fsp3) is 0.0800. The molecule has 1 heterocycles. The first-order chi connectivity index (χ1) is 17.1. The van der Waals surface area contributed by atoms with E-state index in [-0.39, 0.29) is 23.6 Å². The zero-order valence-corrected chi connectivity index (χ0v) is 21.0. The summed E-state index contributed by atoms with van der Waals surface area (Å²) in [6.45, 7) is 1.88. The fourth-order valence-corrected chi connectivity index (χ4v) is 4.11. The van der Waals surface area contributed by atoms with Gasteiger partial charge in [-0.25, -0.2) is 9.69 Å². The van der Waals surface area contributed by atoms with E-state index < -0.39 is 22.8 Å². The Kier molecular flexibility index (Phi) is 7.18. The van der Waals surface area contributed by atoms with Gasteiger partial charge in [0.05, 0.1) is 15.1 Å². The molecule has 0 atom stereocenters. The molecule has 0 radical (unpaired) electrons. The van der Waals surface area contributed by atoms with Crippen molar-refractivity contribution in [3.63, 3.8) is 0 Å². The molecule has 1 N–H and O–H groups in total. The highest BCUT2D eigenvalue weighted by molar-refractivity contribution is 9.10. The largest absolute Gasteiger partial charge is 0.488 e. The third-order valence-electron chi connectivity index (χ3n) is 5.30. The summed E-state index contributed by atoms with van der Waals surface area (Å²) in [4.78, 5) is 49.2. The number of carbonyl (C=O) groups excluding carboxylic acids is 3. The molecule has 3 aromatic carbocycles. The van der Waals surface area contributed by atoms with Gasteiger partial charge in [0.2, 0.25) is 0 Å². The third-order valence-corrected chi connectivity index (χ3v) is 6.32. The van der Waals surface area contributed by atoms with E-state index in [0.717, 1.165) is 10.5 Å². The van der Waals surface area contributed by atoms with E-state index in [1.165, 1.54) is 24.3 Å². The van der Waals surface area contributed by atoms with Crippen LogP contribution >= 0.6 is 27.5 Å². The number of nitrogens with zero attached hydrogens (tertiary/aromatic N) is 2. The van der Waals surface area contributed by atoms with Gasteiger partial charge in [0.25, 0.3) is 17.5 Å². The van der Waals surface area contributed by atoms with Gasteiger partial charge in [0, 0.05) is 17.2 Å². The Balaban J connectivity index is 1.55. The van der Waals surface area contributed by atoms with Crippen LogP contribution in [-0.4, -0.2) is 22.8 Å². The Morgan fingerprint density at radius 2 is 1.89 bits per heavy atom. The van der Waals surface area contributed by atoms with E-state index >= 15 is 0 Å². The number of imide groups is 2. The van der Waals surface area contributed by atoms with Crippen molar-refractivity contribution in [2.45, 2.75) is 13.5 Å². The number of nitro benzene ring substituents is 1. The van der Waals surface area contributed by atoms with E-state index in [0.29, 0.717) is 26.4 Å². The Morgan fingerprint density at radius 1 is 1.11 bits per heavy atom. The van der Waals surface area contributed by atoms with Crippen LogP contribution in [0.3, 0.4) is 0 Å². The number of aryl methyl sites for hydroxylation is 1. The van der Waals surface area contributed by atoms with Gasteiger partial charge >= 0.3 is 6.03 Å². The predicted octanol–water partition coefficient (Wildman–Crippen LogP) is 5.56. The second kappa shape index (κ2) is 10.3. The highest BCUT2D eigenvalue weighted by atomic mass is 79.9. The molecule has 0 spiro atoms. The minimum absolute atomic E-state index is 0.0343. The predicted molar refractivity (Wildman–Crippen MR) is 137 cm³/mol. The van der Waals surface area contributed by atoms with Gasteiger partial charge in [-0.05, 0) is 69.9 Å². The molecule has 0 unspecified atom stereocenters. The summed E-state index contributed by atoms with van der Waals surface area (Å²) in [5.41, 5.74) is 1.86. The molecule has 0 aromatic heterocycles. The van der Waals surface area contributed by atoms with E-state index in [1.807, 2.05) is 0 Å². The van der Waals surface area contributed by atoms with E-state index in [2.05, 4.69) is 21.2 Å². The van der Waals surface area contributed by atoms with Crippen molar-refractivity contribution in [2.75, 3.05) is 4.90 Å². The first-order valence-electron chi connectivity index (χ1n) is 10.5. The lowest BCUT2D eigenvalue weighted by Gasteiger charge is -2.26. The summed E-state index contributed by atoms with van der Waals surface area (Å²) in [5, 5.41) is 13.5. The SMILES string of the molecule is Cc1ccc(N2C(=O)NC(=O)/C(=C/c3ccc(OCc4cccc([N+](=O)[O-])c4)c(Br)c3)C2=O)cc1Cl. The smallest absolute Gasteiger partial charge is 0.335 e. The van der Waals surface area contributed by atoms with Crippen LogP contribution in [0.1, 0.15) is 16.7 Å². The maximum absolute atomic E-state index is 13.1. The molecular formula is C25H17BrClN3O6. The number of rotatable bonds is 6. The Bertz CT molecular complexity index is 1460. The molecule has 0 bridgehead atoms. The van der Waals surface area contributed by atoms with Crippen molar-refractivity contribution >= 4 is 62.8 Å². The van der Waals surface area contributed by atoms with Gasteiger partial charge in [-0.2, -0.15) is 0 Å². The number of hydrogen-bond donors (Lipinski definition) is 1. The zero-order valence-electron chi connectivity index (χ0n) is 18.7. The van der Waals surface area contributed by atoms with Crippen LogP contribution < -0.4 is 15.0 Å². The zero-order chi connectivity index (χ0) is 26.0. The lowest BCUT2D eigenvalue weighted by Crippen LogP contribution is -2.54. The van der Waals surface area contributed by atoms with Crippen LogP contribution in [0.25, 0.3) is 6.08 Å². The summed E-state index contributed by atoms with van der Waals surface area (Å²) in [6.07, 6.45) is 1.36. The number of benzene rings is 3. The standard InChI is InChI=1S/C25H17BrClN3O6/c1-14-5-7-17(12-21(14)27)29-24(32)19(23(31)28-25(29)33)10-15-6-8-22(20(26)11-15)36-13-16-3-2-4-18(9-16)30(34)35/h2-12H,13H2,1H3,(H,28,31,33)/b19-10-. The second-order valence-electron chi connectivity index (χ2n) is 7.80. The molecule has 0 aliphatic carbocycles. The molecule has 182 valence electrons. The maximum Gasteiger partial charge on any atom is 0.335 e. The van der Waals surface area contributed by atoms with E-state index in [1.54, 1.807) is 49.4 Å². The highest BCUT2D eigenvalue weighted by Gasteiger charge is 2.37. The van der Waals surface area contributed by atoms with Crippen molar-refractivity contribution in [2.24, 2.45) is 0 Å². The Labute approximate surface area is 218 Å². The van der Waals surface area contributed by atoms with Gasteiger partial charge in [0.1, 0.15) is 17.9 Å². The van der Waals surface area contributed by atoms with E-state index in [9.17, 15) is 24.5 Å². The number of nitro groups is 1. The number of halogens is 2. The van der Waals surface area contributed by atoms with E-state index in [4.69, 9.17) is 16.3 Å². The fourth-order valence-electron chi connectivity index (χ4n) is 3.42. The molecule has 4 amide bonds. The summed E-state index contributed by atoms with van der Waals surface area (Å²) in [5.74, 6) is -1.15. The first kappa shape index (κ1) is 25.1. The first-order valence-corrected chi connectivity index (χ1v) is 11.6. The minimum atomic E-state index is -0.867. The van der Waals surface area contributed by atoms with Crippen molar-refractivity contribution < 1.29 is 24.0 Å². The lowest BCUT2D eigenvalue weighted by atomic mass is 10.1. The summed E-state index contributed by atoms with van der Waals surface area (Å²) in [6, 6.07) is 14.8. The Morgan fingerprint density at radius 3 is 2.58 bits per heavy atom. The molecule has 36 heavy (non-hydrogen) atoms. The van der Waals surface area contributed by atoms with Gasteiger partial charge in [-0.3, -0.25) is 25.0 Å². The monoisotopic (exact) mass is 569 g/mol. The van der Waals surface area contributed by atoms with Crippen molar-refractivity contribution in [1.29, 1.82) is 0 Å². The third kappa shape index (κ3) is 5.29. The van der Waals surface area contributed by atoms with Gasteiger partial charge in [-0.1, -0.05) is 35.9 Å². The van der Waals surface area contributed by atoms with Crippen LogP contribution in [0.4, 0.5) is 16.2 Å². The molecule has 3 aromatic rings. The number of ether oxygens (including phenoxy) is 1. The van der Waals surface area contributed by atoms with Crippen LogP contribution in [0.5, 0.6) is 5.75 Å². The van der Waals surface area contributed by atoms with Gasteiger partial charge < -0.3 is 4.74 Å². The number of urea groups is 1. The minimum Gasteiger partial charge on any atom is -0.488 e. The lowest BCUT2D eigenvalue weighted by molar-refractivity contribution is -0.384. The summed E-state index contributed by atoms with van der Waals surface area (Å²) < 4.78 is 6.28. The number of hydrogen-bond acceptors (Lipinski definition) is 6. The van der Waals surface area contributed by atoms with Crippen molar-refractivity contribution in [3.8, 4) is 5.75 Å². The number of anilines is 1. The number of amides is 4. The maximum atomic E-state index is 13.1. The van der Waals surface area contributed by atoms with Crippen LogP contribution in [0, 0.1) is 17.0 Å². The van der Waals surface area contributed by atoms with Crippen LogP contribution in [0.15, 0.2) is 70.7 Å². The number of barbiturate groups is 1. The van der Waals surface area contributed by atoms with Gasteiger partial charge in [0.15, 0.2) is 0 Å². The molecule has 1 fully saturated rings. The van der Waals surface area contributed by atoms with Crippen molar-refractivity contribution in [1.82, 2.24) is 5.32 Å². The summed E-state index contributed by atoms with van der Waals surface area (Å²) >= 11 is 9.54. The highest BCUT2D eigenvalue weighted by Crippen LogP contribution is 2.30. The number of non-ortho nitro benzene ring substituents is 1. The van der Waals surface area contributed by atoms with Crippen LogP contribution in [-0.2, 0) is 16.2 Å². The molecule has 0 saturated carbocycles. The number of carbonyl (C=O) groups is 3. The molecule has 1 aliphatic rings. The number of nitrogens with one attached hydrogen (secondary N) is 1. The topological polar surface area (TPSA) is 119 Å². The average Bonchev–Trinajstić information content (AvgIpc) is 2.83. The second-order valence-corrected chi connectivity index (χ2v) is 9.06. The van der Waals surface area contributed by atoms with Crippen LogP contribution in [0.2, 0.25) is 5.02 Å². The normalized spacial score (nSPS) is 14.7. The average molecular weight is 571 g/mol. The molecule has 4 rings (SSSR count). The molecule has 11 heteroatoms. The quantitative estimate of drug-likeness (QED) is 0.179. The molecule has 1 saturated heterocycles. The van der Waals surface area contributed by atoms with Gasteiger partial charge in [-0.15, -0.1) is 0 Å². The molecular weight excluding hydrogens is 554 g/mol. The summed E-state index contributed by atoms with van der Waals surface area (Å²) in [7, 11) is 0. The molecule has 9 nitrogen and oxygen atoms in total. The Hall–Kier alpha value is -4.02. The molecule has 1 aliphatic heterocycles.